The van der Waals surface area contributed by atoms with E-state index in [9.17, 15) is 15.4 Å². The van der Waals surface area contributed by atoms with Crippen LogP contribution in [0.3, 0.4) is 0 Å². The third kappa shape index (κ3) is 6.30. The van der Waals surface area contributed by atoms with E-state index in [1.165, 1.54) is 0 Å². The smallest absolute Gasteiger partial charge is 0.416 e. The van der Waals surface area contributed by atoms with Crippen LogP contribution in [0.1, 0.15) is 30.8 Å². The van der Waals surface area contributed by atoms with Crippen LogP contribution in [0.4, 0.5) is 0 Å². The van der Waals surface area contributed by atoms with E-state index in [1.807, 2.05) is 60.7 Å². The fourth-order valence-corrected chi connectivity index (χ4v) is 3.29. The summed E-state index contributed by atoms with van der Waals surface area (Å²) in [6.45, 7) is 2.04. The highest BCUT2D eigenvalue weighted by Crippen LogP contribution is 2.30. The second-order valence-corrected chi connectivity index (χ2v) is 7.05. The summed E-state index contributed by atoms with van der Waals surface area (Å²) in [7, 11) is 0. The molecule has 0 aromatic heterocycles. The molecule has 8 nitrogen and oxygen atoms in total. The summed E-state index contributed by atoms with van der Waals surface area (Å²) in [6, 6.07) is 18.8. The lowest BCUT2D eigenvalue weighted by molar-refractivity contribution is -0.280. The first kappa shape index (κ1) is 22.8. The Hall–Kier alpha value is -2.87. The summed E-state index contributed by atoms with van der Waals surface area (Å²) in [5, 5.41) is 10.6. The van der Waals surface area contributed by atoms with Crippen molar-refractivity contribution in [1.82, 2.24) is 0 Å². The predicted molar refractivity (Wildman–Crippen MR) is 111 cm³/mol. The van der Waals surface area contributed by atoms with E-state index >= 15 is 0 Å². The minimum Gasteiger partial charge on any atom is -0.457 e. The second kappa shape index (κ2) is 11.5. The van der Waals surface area contributed by atoms with Crippen LogP contribution in [0.2, 0.25) is 0 Å². The summed E-state index contributed by atoms with van der Waals surface area (Å²) in [6.07, 6.45) is -3.42. The van der Waals surface area contributed by atoms with E-state index in [0.717, 1.165) is 11.1 Å². The SMILES string of the molecule is CCOC(=O)C(C[C@@H](OCc1ccccc1)[C@@H]1O[C@H](c2ccccc2)OC[C@H]1O)=[N+]=[N-]. The van der Waals surface area contributed by atoms with Gasteiger partial charge in [0.2, 0.25) is 0 Å². The van der Waals surface area contributed by atoms with Crippen LogP contribution in [0.15, 0.2) is 60.7 Å². The summed E-state index contributed by atoms with van der Waals surface area (Å²) >= 11 is 0. The Morgan fingerprint density at radius 1 is 1.19 bits per heavy atom. The van der Waals surface area contributed by atoms with Crippen LogP contribution in [0, 0.1) is 0 Å². The van der Waals surface area contributed by atoms with Crippen molar-refractivity contribution in [3.05, 3.63) is 77.3 Å². The van der Waals surface area contributed by atoms with Crippen molar-refractivity contribution in [2.45, 2.75) is 44.6 Å². The lowest BCUT2D eigenvalue weighted by Crippen LogP contribution is -2.49. The number of esters is 1. The van der Waals surface area contributed by atoms with Gasteiger partial charge in [-0.05, 0) is 12.5 Å². The molecule has 1 fully saturated rings. The highest BCUT2D eigenvalue weighted by Gasteiger charge is 2.41. The maximum atomic E-state index is 12.1. The highest BCUT2D eigenvalue weighted by molar-refractivity contribution is 6.34. The maximum Gasteiger partial charge on any atom is 0.416 e. The summed E-state index contributed by atoms with van der Waals surface area (Å²) in [5.41, 5.74) is 10.8. The van der Waals surface area contributed by atoms with Gasteiger partial charge in [0.15, 0.2) is 6.29 Å². The number of aliphatic hydroxyl groups is 1. The Morgan fingerprint density at radius 3 is 2.52 bits per heavy atom. The largest absolute Gasteiger partial charge is 0.457 e. The Bertz CT molecular complexity index is 885. The normalized spacial score (nSPS) is 21.7. The van der Waals surface area contributed by atoms with Gasteiger partial charge >= 0.3 is 11.7 Å². The van der Waals surface area contributed by atoms with E-state index in [4.69, 9.17) is 18.9 Å². The van der Waals surface area contributed by atoms with Crippen molar-refractivity contribution in [2.75, 3.05) is 13.2 Å². The quantitative estimate of drug-likeness (QED) is 0.286. The molecule has 0 aliphatic carbocycles. The molecule has 3 rings (SSSR count). The van der Waals surface area contributed by atoms with Crippen molar-refractivity contribution in [1.29, 1.82) is 0 Å². The van der Waals surface area contributed by atoms with E-state index in [0.29, 0.717) is 0 Å². The molecule has 8 heteroatoms. The first-order valence-corrected chi connectivity index (χ1v) is 10.2. The molecule has 2 aromatic carbocycles. The van der Waals surface area contributed by atoms with Crippen LogP contribution in [-0.4, -0.2) is 53.1 Å². The standard InChI is InChI=1S/C23H26N2O6/c1-2-28-22(27)18(25-24)13-20(29-14-16-9-5-3-6-10-16)21-19(26)15-30-23(31-21)17-11-7-4-8-12-17/h3-12,19-21,23,26H,2,13-15H2,1H3/t19-,20-,21-,23-/m1/s1. The van der Waals surface area contributed by atoms with Crippen LogP contribution in [-0.2, 0) is 30.3 Å². The number of ether oxygens (including phenoxy) is 4. The molecular weight excluding hydrogens is 400 g/mol. The molecule has 0 amide bonds. The first-order chi connectivity index (χ1) is 15.1. The maximum absolute atomic E-state index is 12.1. The van der Waals surface area contributed by atoms with Gasteiger partial charge in [-0.3, -0.25) is 0 Å². The summed E-state index contributed by atoms with van der Waals surface area (Å²) in [5.74, 6) is -0.750. The Kier molecular flexibility index (Phi) is 8.46. The molecule has 0 radical (unpaired) electrons. The molecule has 1 aliphatic heterocycles. The molecule has 0 bridgehead atoms. The average Bonchev–Trinajstić information content (AvgIpc) is 2.81. The fourth-order valence-electron chi connectivity index (χ4n) is 3.29. The first-order valence-electron chi connectivity index (χ1n) is 10.2. The fraction of sp³-hybridized carbons (Fsp3) is 0.391. The zero-order valence-electron chi connectivity index (χ0n) is 17.3. The van der Waals surface area contributed by atoms with Gasteiger partial charge in [-0.1, -0.05) is 60.7 Å². The molecule has 1 heterocycles. The lowest BCUT2D eigenvalue weighted by atomic mass is 10.0. The van der Waals surface area contributed by atoms with Crippen LogP contribution in [0.25, 0.3) is 5.53 Å². The highest BCUT2D eigenvalue weighted by atomic mass is 16.7. The molecule has 31 heavy (non-hydrogen) atoms. The zero-order chi connectivity index (χ0) is 22.1. The van der Waals surface area contributed by atoms with Crippen molar-refractivity contribution < 1.29 is 33.6 Å². The van der Waals surface area contributed by atoms with Gasteiger partial charge in [-0.2, -0.15) is 4.79 Å². The molecule has 2 aromatic rings. The number of nitrogens with zero attached hydrogens (tertiary/aromatic N) is 2. The number of rotatable bonds is 9. The summed E-state index contributed by atoms with van der Waals surface area (Å²) < 4.78 is 22.7. The number of hydrogen-bond acceptors (Lipinski definition) is 6. The van der Waals surface area contributed by atoms with E-state index in [-0.39, 0.29) is 32.0 Å². The van der Waals surface area contributed by atoms with Crippen LogP contribution >= 0.6 is 0 Å². The molecule has 4 atom stereocenters. The predicted octanol–water partition coefficient (Wildman–Crippen LogP) is 2.67. The van der Waals surface area contributed by atoms with Crippen molar-refractivity contribution in [2.24, 2.45) is 0 Å². The number of aliphatic hydroxyl groups excluding tert-OH is 1. The van der Waals surface area contributed by atoms with Gasteiger partial charge < -0.3 is 29.6 Å². The number of hydrogen-bond donors (Lipinski definition) is 1. The number of benzene rings is 2. The third-order valence-electron chi connectivity index (χ3n) is 4.85. The topological polar surface area (TPSA) is 111 Å². The van der Waals surface area contributed by atoms with E-state index in [1.54, 1.807) is 6.92 Å². The molecule has 1 aliphatic rings. The lowest BCUT2D eigenvalue weighted by Gasteiger charge is -2.37. The Morgan fingerprint density at radius 2 is 1.87 bits per heavy atom. The number of carbonyl (C=O) groups is 1. The minimum absolute atomic E-state index is 0.0282. The van der Waals surface area contributed by atoms with Gasteiger partial charge in [0.1, 0.15) is 12.2 Å². The van der Waals surface area contributed by atoms with E-state index < -0.39 is 30.6 Å². The Labute approximate surface area is 180 Å². The summed E-state index contributed by atoms with van der Waals surface area (Å²) in [4.78, 5) is 15.2. The zero-order valence-corrected chi connectivity index (χ0v) is 17.3. The van der Waals surface area contributed by atoms with Gasteiger partial charge in [-0.15, -0.1) is 0 Å². The monoisotopic (exact) mass is 426 g/mol. The molecule has 0 spiro atoms. The van der Waals surface area contributed by atoms with Gasteiger partial charge in [0.25, 0.3) is 0 Å². The number of carbonyl (C=O) groups excluding carboxylic acids is 1. The van der Waals surface area contributed by atoms with Crippen LogP contribution in [0.5, 0.6) is 0 Å². The van der Waals surface area contributed by atoms with Gasteiger partial charge in [-0.25, -0.2) is 4.79 Å². The molecule has 1 saturated heterocycles. The Balaban J connectivity index is 1.80. The molecule has 164 valence electrons. The molecule has 0 unspecified atom stereocenters. The second-order valence-electron chi connectivity index (χ2n) is 7.05. The van der Waals surface area contributed by atoms with Crippen molar-refractivity contribution in [3.8, 4) is 0 Å². The third-order valence-corrected chi connectivity index (χ3v) is 4.85. The average molecular weight is 426 g/mol. The molecule has 0 saturated carbocycles. The molecular formula is C23H26N2O6. The van der Waals surface area contributed by atoms with Crippen molar-refractivity contribution in [3.63, 3.8) is 0 Å². The van der Waals surface area contributed by atoms with Gasteiger partial charge in [0.05, 0.1) is 32.3 Å². The van der Waals surface area contributed by atoms with Crippen molar-refractivity contribution >= 4 is 11.7 Å². The van der Waals surface area contributed by atoms with Crippen LogP contribution < -0.4 is 0 Å². The molecule has 1 N–H and O–H groups in total. The van der Waals surface area contributed by atoms with Gasteiger partial charge in [0, 0.05) is 5.56 Å². The minimum atomic E-state index is -0.997. The van der Waals surface area contributed by atoms with E-state index in [2.05, 4.69) is 4.79 Å².